The highest BCUT2D eigenvalue weighted by atomic mass is 127. The summed E-state index contributed by atoms with van der Waals surface area (Å²) in [7, 11) is 1.62. The molecule has 0 aliphatic carbocycles. The number of halogens is 1. The second kappa shape index (κ2) is 9.37. The van der Waals surface area contributed by atoms with Crippen molar-refractivity contribution in [3.8, 4) is 5.75 Å². The first kappa shape index (κ1) is 18.4. The fraction of sp³-hybridized carbons (Fsp3) is 0.500. The topological polar surface area (TPSA) is 71.1 Å². The van der Waals surface area contributed by atoms with Crippen LogP contribution in [0.3, 0.4) is 0 Å². The van der Waals surface area contributed by atoms with Crippen molar-refractivity contribution in [1.82, 2.24) is 4.90 Å². The average molecular weight is 423 g/mol. The summed E-state index contributed by atoms with van der Waals surface area (Å²) < 4.78 is 5.09. The summed E-state index contributed by atoms with van der Waals surface area (Å²) in [5.41, 5.74) is 6.77. The average Bonchev–Trinajstić information content (AvgIpc) is 2.53. The summed E-state index contributed by atoms with van der Waals surface area (Å²) in [5.74, 6) is 3.46. The van der Waals surface area contributed by atoms with Gasteiger partial charge < -0.3 is 20.5 Å². The molecule has 0 bridgehead atoms. The maximum absolute atomic E-state index is 10.1. The molecule has 7 heteroatoms. The lowest BCUT2D eigenvalue weighted by Gasteiger charge is -2.27. The van der Waals surface area contributed by atoms with Crippen molar-refractivity contribution >= 4 is 41.7 Å². The van der Waals surface area contributed by atoms with Crippen LogP contribution in [-0.2, 0) is 0 Å². The number of rotatable bonds is 4. The third-order valence-corrected chi connectivity index (χ3v) is 4.20. The van der Waals surface area contributed by atoms with Crippen molar-refractivity contribution in [2.45, 2.75) is 6.10 Å². The van der Waals surface area contributed by atoms with Gasteiger partial charge in [-0.1, -0.05) is 12.1 Å². The number of hydrogen-bond acceptors (Lipinski definition) is 4. The lowest BCUT2D eigenvalue weighted by Crippen LogP contribution is -2.42. The lowest BCUT2D eigenvalue weighted by atomic mass is 10.1. The molecule has 2 rings (SSSR count). The number of benzene rings is 1. The molecule has 5 nitrogen and oxygen atoms in total. The van der Waals surface area contributed by atoms with Gasteiger partial charge in [-0.25, -0.2) is 0 Å². The summed E-state index contributed by atoms with van der Waals surface area (Å²) >= 11 is 1.93. The van der Waals surface area contributed by atoms with E-state index in [4.69, 9.17) is 10.5 Å². The van der Waals surface area contributed by atoms with Crippen LogP contribution in [0, 0.1) is 0 Å². The van der Waals surface area contributed by atoms with Gasteiger partial charge in [-0.2, -0.15) is 11.8 Å². The Kier molecular flexibility index (Phi) is 8.20. The fourth-order valence-electron chi connectivity index (χ4n) is 2.00. The molecule has 1 heterocycles. The van der Waals surface area contributed by atoms with E-state index in [0.717, 1.165) is 35.9 Å². The van der Waals surface area contributed by atoms with Crippen LogP contribution < -0.4 is 10.5 Å². The van der Waals surface area contributed by atoms with E-state index in [1.807, 2.05) is 36.0 Å². The molecule has 1 aliphatic rings. The van der Waals surface area contributed by atoms with Crippen molar-refractivity contribution in [2.75, 3.05) is 38.2 Å². The second-order valence-corrected chi connectivity index (χ2v) is 5.81. The van der Waals surface area contributed by atoms with Gasteiger partial charge in [-0.15, -0.1) is 24.0 Å². The number of methoxy groups -OCH3 is 1. The van der Waals surface area contributed by atoms with E-state index in [2.05, 4.69) is 9.89 Å². The molecule has 118 valence electrons. The second-order valence-electron chi connectivity index (χ2n) is 4.59. The molecule has 1 aromatic carbocycles. The predicted molar refractivity (Wildman–Crippen MR) is 98.8 cm³/mol. The van der Waals surface area contributed by atoms with E-state index in [0.29, 0.717) is 5.96 Å². The third kappa shape index (κ3) is 5.55. The number of hydrogen-bond donors (Lipinski definition) is 2. The Bertz CT molecular complexity index is 450. The number of guanidine groups is 1. The van der Waals surface area contributed by atoms with E-state index in [-0.39, 0.29) is 30.5 Å². The summed E-state index contributed by atoms with van der Waals surface area (Å²) in [4.78, 5) is 6.36. The molecular formula is C14H22IN3O2S. The monoisotopic (exact) mass is 423 g/mol. The molecule has 0 radical (unpaired) electrons. The summed E-state index contributed by atoms with van der Waals surface area (Å²) in [6.45, 7) is 2.14. The van der Waals surface area contributed by atoms with Crippen LogP contribution in [0.5, 0.6) is 5.75 Å². The Hall–Kier alpha value is -0.670. The van der Waals surface area contributed by atoms with Crippen molar-refractivity contribution in [3.05, 3.63) is 29.8 Å². The van der Waals surface area contributed by atoms with Crippen LogP contribution in [0.15, 0.2) is 29.3 Å². The lowest BCUT2D eigenvalue weighted by molar-refractivity contribution is 0.186. The summed E-state index contributed by atoms with van der Waals surface area (Å²) in [6.07, 6.45) is -0.640. The number of thioether (sulfide) groups is 1. The van der Waals surface area contributed by atoms with Crippen LogP contribution in [0.2, 0.25) is 0 Å². The van der Waals surface area contributed by atoms with Gasteiger partial charge in [-0.05, 0) is 17.7 Å². The van der Waals surface area contributed by atoms with Gasteiger partial charge in [0.15, 0.2) is 5.96 Å². The van der Waals surface area contributed by atoms with E-state index in [1.54, 1.807) is 7.11 Å². The SMILES string of the molecule is COc1ccc(C(O)CN=C(N)N2CCSCC2)cc1.I. The molecule has 0 spiro atoms. The van der Waals surface area contributed by atoms with Gasteiger partial charge >= 0.3 is 0 Å². The first-order valence-corrected chi connectivity index (χ1v) is 7.81. The standard InChI is InChI=1S/C14H21N3O2S.HI/c1-19-12-4-2-11(3-5-12)13(18)10-16-14(15)17-6-8-20-9-7-17;/h2-5,13,18H,6-10H2,1H3,(H2,15,16);1H. The quantitative estimate of drug-likeness (QED) is 0.439. The molecule has 3 N–H and O–H groups in total. The largest absolute Gasteiger partial charge is 0.497 e. The van der Waals surface area contributed by atoms with Crippen LogP contribution in [0.25, 0.3) is 0 Å². The summed E-state index contributed by atoms with van der Waals surface area (Å²) in [5, 5.41) is 10.1. The minimum Gasteiger partial charge on any atom is -0.497 e. The summed E-state index contributed by atoms with van der Waals surface area (Å²) in [6, 6.07) is 7.33. The predicted octanol–water partition coefficient (Wildman–Crippen LogP) is 1.71. The van der Waals surface area contributed by atoms with E-state index in [1.165, 1.54) is 0 Å². The maximum Gasteiger partial charge on any atom is 0.191 e. The number of aliphatic hydroxyl groups is 1. The van der Waals surface area contributed by atoms with Crippen molar-refractivity contribution < 1.29 is 9.84 Å². The molecule has 1 aliphatic heterocycles. The fourth-order valence-corrected chi connectivity index (χ4v) is 2.91. The van der Waals surface area contributed by atoms with E-state index in [9.17, 15) is 5.11 Å². The van der Waals surface area contributed by atoms with Crippen LogP contribution >= 0.6 is 35.7 Å². The molecule has 1 fully saturated rings. The molecule has 1 atom stereocenters. The van der Waals surface area contributed by atoms with Gasteiger partial charge in [-0.3, -0.25) is 4.99 Å². The molecule has 0 saturated carbocycles. The van der Waals surface area contributed by atoms with Gasteiger partial charge in [0.1, 0.15) is 5.75 Å². The Balaban J connectivity index is 0.00000220. The molecule has 1 aromatic rings. The van der Waals surface area contributed by atoms with E-state index < -0.39 is 6.10 Å². The normalized spacial score (nSPS) is 17.0. The molecule has 21 heavy (non-hydrogen) atoms. The van der Waals surface area contributed by atoms with Crippen molar-refractivity contribution in [1.29, 1.82) is 0 Å². The van der Waals surface area contributed by atoms with Gasteiger partial charge in [0.05, 0.1) is 19.8 Å². The van der Waals surface area contributed by atoms with Crippen LogP contribution in [0.4, 0.5) is 0 Å². The molecule has 0 aromatic heterocycles. The Morgan fingerprint density at radius 1 is 1.38 bits per heavy atom. The van der Waals surface area contributed by atoms with Crippen molar-refractivity contribution in [3.63, 3.8) is 0 Å². The Morgan fingerprint density at radius 3 is 2.57 bits per heavy atom. The Labute approximate surface area is 147 Å². The zero-order valence-electron chi connectivity index (χ0n) is 12.1. The number of ether oxygens (including phenoxy) is 1. The van der Waals surface area contributed by atoms with E-state index >= 15 is 0 Å². The maximum atomic E-state index is 10.1. The zero-order valence-corrected chi connectivity index (χ0v) is 15.2. The van der Waals surface area contributed by atoms with Crippen LogP contribution in [0.1, 0.15) is 11.7 Å². The minimum absolute atomic E-state index is 0. The molecule has 0 amide bonds. The zero-order chi connectivity index (χ0) is 14.4. The van der Waals surface area contributed by atoms with Crippen molar-refractivity contribution in [2.24, 2.45) is 10.7 Å². The van der Waals surface area contributed by atoms with Crippen LogP contribution in [-0.4, -0.2) is 54.2 Å². The van der Waals surface area contributed by atoms with Gasteiger partial charge in [0, 0.05) is 24.6 Å². The number of nitrogens with zero attached hydrogens (tertiary/aromatic N) is 2. The van der Waals surface area contributed by atoms with Gasteiger partial charge in [0.2, 0.25) is 0 Å². The molecular weight excluding hydrogens is 401 g/mol. The first-order valence-electron chi connectivity index (χ1n) is 6.65. The van der Waals surface area contributed by atoms with Gasteiger partial charge in [0.25, 0.3) is 0 Å². The highest BCUT2D eigenvalue weighted by Gasteiger charge is 2.13. The smallest absolute Gasteiger partial charge is 0.191 e. The molecule has 1 unspecified atom stereocenters. The molecule has 1 saturated heterocycles. The number of aliphatic hydroxyl groups excluding tert-OH is 1. The third-order valence-electron chi connectivity index (χ3n) is 3.26. The number of nitrogens with two attached hydrogens (primary N) is 1. The minimum atomic E-state index is -0.640. The highest BCUT2D eigenvalue weighted by Crippen LogP contribution is 2.18. The highest BCUT2D eigenvalue weighted by molar-refractivity contribution is 14.0. The number of aliphatic imine (C=N–C) groups is 1. The Morgan fingerprint density at radius 2 is 2.00 bits per heavy atom. The first-order chi connectivity index (χ1) is 9.70.